The molecular formula is C22H31NSi. The molecule has 2 heteroatoms. The van der Waals surface area contributed by atoms with Crippen molar-refractivity contribution in [3.63, 3.8) is 0 Å². The van der Waals surface area contributed by atoms with Crippen molar-refractivity contribution < 1.29 is 4.58 Å². The van der Waals surface area contributed by atoms with Crippen LogP contribution in [-0.2, 0) is 0 Å². The van der Waals surface area contributed by atoms with E-state index in [9.17, 15) is 0 Å². The van der Waals surface area contributed by atoms with E-state index in [-0.39, 0.29) is 0 Å². The number of benzene rings is 1. The van der Waals surface area contributed by atoms with E-state index in [0.717, 1.165) is 5.92 Å². The second kappa shape index (κ2) is 6.40. The Kier molecular flexibility index (Phi) is 4.61. The molecule has 1 aromatic rings. The second-order valence-corrected chi connectivity index (χ2v) is 13.6. The first-order chi connectivity index (χ1) is 11.3. The van der Waals surface area contributed by atoms with Gasteiger partial charge in [-0.3, -0.25) is 4.58 Å². The molecule has 0 saturated heterocycles. The van der Waals surface area contributed by atoms with Crippen molar-refractivity contribution in [1.29, 1.82) is 0 Å². The molecule has 1 aromatic carbocycles. The van der Waals surface area contributed by atoms with Gasteiger partial charge in [-0.05, 0) is 35.6 Å². The van der Waals surface area contributed by atoms with E-state index >= 15 is 0 Å². The molecule has 0 spiro atoms. The van der Waals surface area contributed by atoms with Crippen molar-refractivity contribution in [3.8, 4) is 0 Å². The van der Waals surface area contributed by atoms with Crippen LogP contribution in [0.15, 0.2) is 41.2 Å². The van der Waals surface area contributed by atoms with Crippen LogP contribution in [0, 0.1) is 13.0 Å². The molecule has 0 radical (unpaired) electrons. The highest BCUT2D eigenvalue weighted by atomic mass is 28.3. The first kappa shape index (κ1) is 17.3. The molecule has 0 N–H and O–H groups in total. The maximum atomic E-state index is 4.32. The molecule has 1 heterocycles. The minimum absolute atomic E-state index is 0.755. The summed E-state index contributed by atoms with van der Waals surface area (Å²) in [6.07, 6.45) is 10.1. The van der Waals surface area contributed by atoms with Crippen LogP contribution in [0.4, 0.5) is 0 Å². The zero-order valence-electron chi connectivity index (χ0n) is 15.9. The van der Waals surface area contributed by atoms with Crippen molar-refractivity contribution in [2.45, 2.75) is 65.1 Å². The van der Waals surface area contributed by atoms with E-state index in [2.05, 4.69) is 75.3 Å². The van der Waals surface area contributed by atoms with E-state index in [4.69, 9.17) is 0 Å². The number of rotatable bonds is 3. The summed E-state index contributed by atoms with van der Waals surface area (Å²) in [7, 11) is -1.34. The van der Waals surface area contributed by atoms with E-state index in [1.807, 2.05) is 0 Å². The lowest BCUT2D eigenvalue weighted by Crippen LogP contribution is -2.30. The summed E-state index contributed by atoms with van der Waals surface area (Å²) < 4.78 is 2.10. The van der Waals surface area contributed by atoms with Gasteiger partial charge in [-0.2, -0.15) is 0 Å². The van der Waals surface area contributed by atoms with Gasteiger partial charge < -0.3 is 0 Å². The third kappa shape index (κ3) is 3.30. The largest absolute Gasteiger partial charge is 0.255 e. The Hall–Kier alpha value is -1.54. The van der Waals surface area contributed by atoms with Gasteiger partial charge in [0.15, 0.2) is 0 Å². The molecule has 128 valence electrons. The predicted molar refractivity (Wildman–Crippen MR) is 107 cm³/mol. The molecule has 1 saturated carbocycles. The molecular weight excluding hydrogens is 306 g/mol. The summed E-state index contributed by atoms with van der Waals surface area (Å²) in [5.41, 5.74) is 5.61. The molecule has 0 amide bonds. The number of hydrogen-bond donors (Lipinski definition) is 0. The van der Waals surface area contributed by atoms with Crippen LogP contribution in [0.3, 0.4) is 0 Å². The minimum atomic E-state index is -1.34. The molecule has 24 heavy (non-hydrogen) atoms. The van der Waals surface area contributed by atoms with Gasteiger partial charge >= 0.3 is 0 Å². The van der Waals surface area contributed by atoms with Crippen LogP contribution in [0.5, 0.6) is 0 Å². The van der Waals surface area contributed by atoms with Crippen molar-refractivity contribution in [2.75, 3.05) is 0 Å². The van der Waals surface area contributed by atoms with Crippen LogP contribution < -0.4 is 0 Å². The Bertz CT molecular complexity index is 712. The van der Waals surface area contributed by atoms with Gasteiger partial charge in [-0.1, -0.05) is 81.2 Å². The zero-order valence-corrected chi connectivity index (χ0v) is 16.9. The van der Waals surface area contributed by atoms with Crippen LogP contribution in [0.2, 0.25) is 19.6 Å². The Morgan fingerprint density at radius 2 is 1.79 bits per heavy atom. The number of allylic oxidation sites excluding steroid dienone is 2. The molecule has 1 aliphatic carbocycles. The fraction of sp³-hybridized carbons (Fsp3) is 0.455. The van der Waals surface area contributed by atoms with Crippen LogP contribution in [-0.4, -0.2) is 19.4 Å². The lowest BCUT2D eigenvalue weighted by Gasteiger charge is -2.30. The molecule has 0 aromatic heterocycles. The zero-order chi connectivity index (χ0) is 17.5. The van der Waals surface area contributed by atoms with Gasteiger partial charge in [0.2, 0.25) is 0 Å². The monoisotopic (exact) mass is 337 g/mol. The van der Waals surface area contributed by atoms with Crippen molar-refractivity contribution in [3.05, 3.63) is 64.0 Å². The summed E-state index contributed by atoms with van der Waals surface area (Å²) >= 11 is 0. The summed E-state index contributed by atoms with van der Waals surface area (Å²) in [6.45, 7) is 16.0. The third-order valence-electron chi connectivity index (χ3n) is 5.54. The highest BCUT2D eigenvalue weighted by Gasteiger charge is 2.28. The van der Waals surface area contributed by atoms with Crippen molar-refractivity contribution in [2.24, 2.45) is 0 Å². The molecule has 1 fully saturated rings. The van der Waals surface area contributed by atoms with Gasteiger partial charge in [0.1, 0.15) is 12.2 Å². The Morgan fingerprint density at radius 1 is 1.12 bits per heavy atom. The van der Waals surface area contributed by atoms with Crippen molar-refractivity contribution in [1.82, 2.24) is 0 Å². The van der Waals surface area contributed by atoms with E-state index < -0.39 is 8.07 Å². The molecule has 0 unspecified atom stereocenters. The van der Waals surface area contributed by atoms with Crippen LogP contribution >= 0.6 is 0 Å². The van der Waals surface area contributed by atoms with Gasteiger partial charge in [0.05, 0.1) is 14.8 Å². The molecule has 2 aliphatic rings. The molecule has 1 nitrogen and oxygen atoms in total. The highest BCUT2D eigenvalue weighted by molar-refractivity contribution is 6.84. The van der Waals surface area contributed by atoms with E-state index in [0.29, 0.717) is 0 Å². The first-order valence-electron chi connectivity index (χ1n) is 9.26. The van der Waals surface area contributed by atoms with Crippen LogP contribution in [0.1, 0.15) is 55.2 Å². The summed E-state index contributed by atoms with van der Waals surface area (Å²) in [5, 5.41) is 1.51. The van der Waals surface area contributed by atoms with Gasteiger partial charge in [-0.15, -0.1) is 0 Å². The van der Waals surface area contributed by atoms with E-state index in [1.54, 1.807) is 0 Å². The SMILES string of the molecule is C=[N+]1C=C([Si](C)(C)C)C(C)=C[C-]1c1cc(C2CCCC2)ccc1C. The summed E-state index contributed by atoms with van der Waals surface area (Å²) in [5.74, 6) is 0.755. The quantitative estimate of drug-likeness (QED) is 0.363. The maximum Gasteiger partial charge on any atom is 0.147 e. The molecule has 1 aliphatic heterocycles. The average Bonchev–Trinajstić information content (AvgIpc) is 3.03. The normalized spacial score (nSPS) is 19.5. The summed E-state index contributed by atoms with van der Waals surface area (Å²) in [4.78, 5) is 0. The van der Waals surface area contributed by atoms with Crippen molar-refractivity contribution >= 4 is 14.8 Å². The fourth-order valence-corrected chi connectivity index (χ4v) is 5.94. The predicted octanol–water partition coefficient (Wildman–Crippen LogP) is 5.97. The summed E-state index contributed by atoms with van der Waals surface area (Å²) in [6, 6.07) is 8.30. The Labute approximate surface area is 148 Å². The first-order valence-corrected chi connectivity index (χ1v) is 12.8. The maximum absolute atomic E-state index is 4.32. The average molecular weight is 338 g/mol. The number of nitrogens with zero attached hydrogens (tertiary/aromatic N) is 1. The smallest absolute Gasteiger partial charge is 0.147 e. The van der Waals surface area contributed by atoms with Gasteiger partial charge in [0, 0.05) is 0 Å². The van der Waals surface area contributed by atoms with E-state index in [1.165, 1.54) is 59.2 Å². The lowest BCUT2D eigenvalue weighted by molar-refractivity contribution is -0.418. The topological polar surface area (TPSA) is 3.01 Å². The minimum Gasteiger partial charge on any atom is -0.255 e. The third-order valence-corrected chi connectivity index (χ3v) is 7.68. The highest BCUT2D eigenvalue weighted by Crippen LogP contribution is 2.37. The second-order valence-electron chi connectivity index (χ2n) is 8.53. The lowest BCUT2D eigenvalue weighted by atomic mass is 9.90. The van der Waals surface area contributed by atoms with Gasteiger partial charge in [0.25, 0.3) is 0 Å². The molecule has 3 rings (SSSR count). The Balaban J connectivity index is 1.96. The Morgan fingerprint density at radius 3 is 2.42 bits per heavy atom. The standard InChI is InChI=1S/C22H31NSi/c1-16-11-12-19(18-9-7-8-10-18)14-20(16)21-13-17(2)22(15-23(21)3)24(4,5)6/h11-15,18H,3,7-10H2,1-2,4-6H3. The van der Waals surface area contributed by atoms with Gasteiger partial charge in [-0.25, -0.2) is 0 Å². The van der Waals surface area contributed by atoms with Crippen LogP contribution in [0.25, 0.3) is 0 Å². The number of hydrogen-bond acceptors (Lipinski definition) is 0. The number of aryl methyl sites for hydroxylation is 1. The fourth-order valence-electron chi connectivity index (χ4n) is 4.14. The molecule has 0 bridgehead atoms. The molecule has 0 atom stereocenters.